The van der Waals surface area contributed by atoms with Crippen LogP contribution in [-0.4, -0.2) is 32.1 Å². The number of ether oxygens (including phenoxy) is 1. The zero-order valence-corrected chi connectivity index (χ0v) is 14.9. The molecular formula is C18H36N2O3. The Hall–Kier alpha value is -1.10. The minimum absolute atomic E-state index is 0.105. The number of methoxy groups -OCH3 is 1. The largest absolute Gasteiger partial charge is 0.469 e. The smallest absolute Gasteiger partial charge is 0.305 e. The number of unbranched alkanes of at least 4 members (excludes halogenated alkanes) is 9. The molecule has 5 heteroatoms. The maximum atomic E-state index is 11.5. The first-order valence-corrected chi connectivity index (χ1v) is 9.24. The van der Waals surface area contributed by atoms with E-state index in [9.17, 15) is 9.59 Å². The van der Waals surface area contributed by atoms with E-state index in [4.69, 9.17) is 5.73 Å². The van der Waals surface area contributed by atoms with E-state index in [2.05, 4.69) is 10.1 Å². The average molecular weight is 328 g/mol. The molecule has 0 atom stereocenters. The van der Waals surface area contributed by atoms with Crippen LogP contribution in [-0.2, 0) is 14.3 Å². The third-order valence-corrected chi connectivity index (χ3v) is 3.97. The quantitative estimate of drug-likeness (QED) is 0.336. The van der Waals surface area contributed by atoms with E-state index in [0.717, 1.165) is 45.1 Å². The van der Waals surface area contributed by atoms with Crippen molar-refractivity contribution in [1.29, 1.82) is 0 Å². The van der Waals surface area contributed by atoms with Crippen molar-refractivity contribution in [1.82, 2.24) is 5.32 Å². The molecule has 0 aliphatic heterocycles. The molecule has 136 valence electrons. The highest BCUT2D eigenvalue weighted by molar-refractivity contribution is 5.75. The van der Waals surface area contributed by atoms with Gasteiger partial charge in [-0.2, -0.15) is 0 Å². The molecule has 0 spiro atoms. The van der Waals surface area contributed by atoms with Gasteiger partial charge in [-0.3, -0.25) is 9.59 Å². The molecule has 3 N–H and O–H groups in total. The number of hydrogen-bond donors (Lipinski definition) is 2. The summed E-state index contributed by atoms with van der Waals surface area (Å²) in [6, 6.07) is 0. The van der Waals surface area contributed by atoms with Crippen LogP contribution in [0.2, 0.25) is 0 Å². The first kappa shape index (κ1) is 21.9. The Morgan fingerprint density at radius 2 is 1.30 bits per heavy atom. The lowest BCUT2D eigenvalue weighted by Gasteiger charge is -2.05. The summed E-state index contributed by atoms with van der Waals surface area (Å²) >= 11 is 0. The molecule has 0 heterocycles. The Balaban J connectivity index is 3.15. The summed E-state index contributed by atoms with van der Waals surface area (Å²) in [5, 5.41) is 2.98. The molecule has 0 bridgehead atoms. The van der Waals surface area contributed by atoms with Crippen LogP contribution < -0.4 is 11.1 Å². The predicted molar refractivity (Wildman–Crippen MR) is 94.1 cm³/mol. The normalized spacial score (nSPS) is 10.5. The van der Waals surface area contributed by atoms with Crippen LogP contribution in [0.1, 0.15) is 83.5 Å². The number of esters is 1. The summed E-state index contributed by atoms with van der Waals surface area (Å²) in [5.74, 6) is 0.0686. The van der Waals surface area contributed by atoms with Gasteiger partial charge in [0.15, 0.2) is 0 Å². The molecule has 23 heavy (non-hydrogen) atoms. The Morgan fingerprint density at radius 1 is 0.783 bits per heavy atom. The first-order valence-electron chi connectivity index (χ1n) is 9.24. The van der Waals surface area contributed by atoms with Gasteiger partial charge in [-0.05, 0) is 32.2 Å². The predicted octanol–water partition coefficient (Wildman–Crippen LogP) is 3.31. The maximum Gasteiger partial charge on any atom is 0.305 e. The maximum absolute atomic E-state index is 11.5. The molecule has 0 unspecified atom stereocenters. The molecule has 5 nitrogen and oxygen atoms in total. The lowest BCUT2D eigenvalue weighted by molar-refractivity contribution is -0.140. The number of carbonyl (C=O) groups excluding carboxylic acids is 2. The SMILES string of the molecule is COC(=O)CCCCCCCCCCNC(=O)CCCCCN. The van der Waals surface area contributed by atoms with Crippen LogP contribution in [0.3, 0.4) is 0 Å². The number of rotatable bonds is 16. The molecular weight excluding hydrogens is 292 g/mol. The fourth-order valence-corrected chi connectivity index (χ4v) is 2.48. The van der Waals surface area contributed by atoms with Gasteiger partial charge in [0.05, 0.1) is 7.11 Å². The molecule has 0 aromatic carbocycles. The molecule has 0 aromatic heterocycles. The second kappa shape index (κ2) is 17.3. The van der Waals surface area contributed by atoms with E-state index in [-0.39, 0.29) is 11.9 Å². The number of nitrogens with two attached hydrogens (primary N) is 1. The second-order valence-electron chi connectivity index (χ2n) is 6.10. The molecule has 0 saturated carbocycles. The van der Waals surface area contributed by atoms with Crippen molar-refractivity contribution < 1.29 is 14.3 Å². The number of amides is 1. The van der Waals surface area contributed by atoms with Crippen LogP contribution in [0.4, 0.5) is 0 Å². The van der Waals surface area contributed by atoms with Gasteiger partial charge in [0.25, 0.3) is 0 Å². The van der Waals surface area contributed by atoms with Gasteiger partial charge < -0.3 is 15.8 Å². The number of hydrogen-bond acceptors (Lipinski definition) is 4. The molecule has 1 amide bonds. The van der Waals surface area contributed by atoms with Crippen molar-refractivity contribution in [2.45, 2.75) is 83.5 Å². The minimum atomic E-state index is -0.105. The topological polar surface area (TPSA) is 81.4 Å². The van der Waals surface area contributed by atoms with Crippen LogP contribution in [0, 0.1) is 0 Å². The van der Waals surface area contributed by atoms with Gasteiger partial charge in [0, 0.05) is 19.4 Å². The summed E-state index contributed by atoms with van der Waals surface area (Å²) in [6.45, 7) is 1.52. The standard InChI is InChI=1S/C18H36N2O3/c1-23-18(22)14-10-6-4-2-3-5-7-12-16-20-17(21)13-9-8-11-15-19/h2-16,19H2,1H3,(H,20,21). The Kier molecular flexibility index (Phi) is 16.4. The Morgan fingerprint density at radius 3 is 1.91 bits per heavy atom. The average Bonchev–Trinajstić information content (AvgIpc) is 2.56. The number of nitrogens with one attached hydrogen (secondary N) is 1. The Labute approximate surface area is 141 Å². The molecule has 0 aliphatic rings. The lowest BCUT2D eigenvalue weighted by Crippen LogP contribution is -2.24. The summed E-state index contributed by atoms with van der Waals surface area (Å²) in [7, 11) is 1.44. The van der Waals surface area contributed by atoms with Crippen LogP contribution in [0.15, 0.2) is 0 Å². The third-order valence-electron chi connectivity index (χ3n) is 3.97. The summed E-state index contributed by atoms with van der Waals surface area (Å²) in [4.78, 5) is 22.5. The van der Waals surface area contributed by atoms with Gasteiger partial charge in [-0.25, -0.2) is 0 Å². The Bertz CT molecular complexity index is 296. The zero-order valence-electron chi connectivity index (χ0n) is 14.9. The van der Waals surface area contributed by atoms with E-state index in [1.807, 2.05) is 0 Å². The van der Waals surface area contributed by atoms with Gasteiger partial charge in [0.1, 0.15) is 0 Å². The fraction of sp³-hybridized carbons (Fsp3) is 0.889. The molecule has 0 saturated heterocycles. The van der Waals surface area contributed by atoms with Crippen molar-refractivity contribution in [3.63, 3.8) is 0 Å². The van der Waals surface area contributed by atoms with Crippen molar-refractivity contribution >= 4 is 11.9 Å². The summed E-state index contributed by atoms with van der Waals surface area (Å²) in [6.07, 6.45) is 13.3. The van der Waals surface area contributed by atoms with Crippen molar-refractivity contribution in [3.05, 3.63) is 0 Å². The van der Waals surface area contributed by atoms with Crippen LogP contribution >= 0.6 is 0 Å². The summed E-state index contributed by atoms with van der Waals surface area (Å²) < 4.78 is 4.61. The van der Waals surface area contributed by atoms with Gasteiger partial charge in [0.2, 0.25) is 5.91 Å². The van der Waals surface area contributed by atoms with E-state index in [0.29, 0.717) is 19.4 Å². The molecule has 0 fully saturated rings. The van der Waals surface area contributed by atoms with Crippen LogP contribution in [0.25, 0.3) is 0 Å². The van der Waals surface area contributed by atoms with Crippen molar-refractivity contribution in [3.8, 4) is 0 Å². The zero-order chi connectivity index (χ0) is 17.2. The highest BCUT2D eigenvalue weighted by atomic mass is 16.5. The van der Waals surface area contributed by atoms with E-state index < -0.39 is 0 Å². The third kappa shape index (κ3) is 17.1. The molecule has 0 aromatic rings. The van der Waals surface area contributed by atoms with E-state index in [1.165, 1.54) is 39.2 Å². The van der Waals surface area contributed by atoms with E-state index in [1.54, 1.807) is 0 Å². The first-order chi connectivity index (χ1) is 11.2. The van der Waals surface area contributed by atoms with Gasteiger partial charge in [-0.15, -0.1) is 0 Å². The lowest BCUT2D eigenvalue weighted by atomic mass is 10.1. The highest BCUT2D eigenvalue weighted by Gasteiger charge is 2.01. The molecule has 0 rings (SSSR count). The van der Waals surface area contributed by atoms with Gasteiger partial charge in [-0.1, -0.05) is 44.9 Å². The minimum Gasteiger partial charge on any atom is -0.469 e. The second-order valence-corrected chi connectivity index (χ2v) is 6.10. The highest BCUT2D eigenvalue weighted by Crippen LogP contribution is 2.09. The number of carbonyl (C=O) groups is 2. The fourth-order valence-electron chi connectivity index (χ4n) is 2.48. The van der Waals surface area contributed by atoms with Crippen molar-refractivity contribution in [2.75, 3.05) is 20.2 Å². The summed E-state index contributed by atoms with van der Waals surface area (Å²) in [5.41, 5.74) is 5.42. The van der Waals surface area contributed by atoms with E-state index >= 15 is 0 Å². The van der Waals surface area contributed by atoms with Crippen molar-refractivity contribution in [2.24, 2.45) is 5.73 Å². The van der Waals surface area contributed by atoms with Crippen LogP contribution in [0.5, 0.6) is 0 Å². The molecule has 0 radical (unpaired) electrons. The van der Waals surface area contributed by atoms with Gasteiger partial charge >= 0.3 is 5.97 Å². The monoisotopic (exact) mass is 328 g/mol. The molecule has 0 aliphatic carbocycles.